The lowest BCUT2D eigenvalue weighted by molar-refractivity contribution is -0.138. The summed E-state index contributed by atoms with van der Waals surface area (Å²) in [7, 11) is 3.72. The fraction of sp³-hybridized carbons (Fsp3) is 0.286. The van der Waals surface area contributed by atoms with E-state index in [4.69, 9.17) is 0 Å². The van der Waals surface area contributed by atoms with Crippen molar-refractivity contribution in [1.29, 1.82) is 0 Å². The Morgan fingerprint density at radius 3 is 1.40 bits per heavy atom. The molecule has 5 aromatic carbocycles. The third kappa shape index (κ3) is 8.89. The van der Waals surface area contributed by atoms with E-state index in [-0.39, 0.29) is 37.9 Å². The van der Waals surface area contributed by atoms with E-state index in [1.54, 1.807) is 0 Å². The van der Waals surface area contributed by atoms with Gasteiger partial charge in [0.2, 0.25) is 0 Å². The first kappa shape index (κ1) is 38.7. The van der Waals surface area contributed by atoms with Crippen molar-refractivity contribution >= 4 is 5.69 Å². The van der Waals surface area contributed by atoms with Crippen molar-refractivity contribution in [3.8, 4) is 33.4 Å². The van der Waals surface area contributed by atoms with Crippen LogP contribution in [0.15, 0.2) is 109 Å². The molecule has 5 aromatic rings. The van der Waals surface area contributed by atoms with Gasteiger partial charge in [0.25, 0.3) is 0 Å². The number of hydrogen-bond donors (Lipinski definition) is 0. The molecule has 0 amide bonds. The monoisotopic (exact) mass is 728 g/mol. The lowest BCUT2D eigenvalue weighted by atomic mass is 9.81. The molecular weight excluding hydrogens is 689 g/mol. The SMILES string of the molecule is CCCCCCc1cc([N+](C)(C)Cc2ccccc2)c(-c2cccc(C(F)(F)F)c2)c(-c2cccc(C(F)(F)F)c2)c1-c1cccc(C(F)(F)F)c1. The van der Waals surface area contributed by atoms with Crippen LogP contribution in [0.1, 0.15) is 60.4 Å². The van der Waals surface area contributed by atoms with Crippen LogP contribution in [0.25, 0.3) is 33.4 Å². The summed E-state index contributed by atoms with van der Waals surface area (Å²) in [4.78, 5) is 0. The Hall–Kier alpha value is -4.57. The molecule has 10 heteroatoms. The minimum atomic E-state index is -4.77. The minimum Gasteiger partial charge on any atom is -0.292 e. The fourth-order valence-electron chi connectivity index (χ4n) is 6.73. The summed E-state index contributed by atoms with van der Waals surface area (Å²) in [5.74, 6) is 0. The number of nitrogens with zero attached hydrogens (tertiary/aromatic N) is 1. The maximum Gasteiger partial charge on any atom is 0.416 e. The first-order chi connectivity index (χ1) is 24.4. The van der Waals surface area contributed by atoms with Crippen LogP contribution < -0.4 is 4.48 Å². The number of unbranched alkanes of at least 4 members (excludes halogenated alkanes) is 3. The van der Waals surface area contributed by atoms with Gasteiger partial charge in [-0.05, 0) is 77.1 Å². The highest BCUT2D eigenvalue weighted by Gasteiger charge is 2.36. The summed E-state index contributed by atoms with van der Waals surface area (Å²) in [6, 6.07) is 24.8. The second-order valence-corrected chi connectivity index (χ2v) is 13.6. The van der Waals surface area contributed by atoms with E-state index in [1.165, 1.54) is 36.4 Å². The molecule has 0 atom stereocenters. The zero-order chi connectivity index (χ0) is 37.9. The molecule has 0 aliphatic heterocycles. The highest BCUT2D eigenvalue weighted by atomic mass is 19.4. The predicted molar refractivity (Wildman–Crippen MR) is 189 cm³/mol. The van der Waals surface area contributed by atoms with Crippen molar-refractivity contribution in [2.24, 2.45) is 0 Å². The molecule has 52 heavy (non-hydrogen) atoms. The summed E-state index contributed by atoms with van der Waals surface area (Å²) in [6.07, 6.45) is -10.6. The summed E-state index contributed by atoms with van der Waals surface area (Å²) in [5.41, 5.74) is -0.150. The van der Waals surface area contributed by atoms with Gasteiger partial charge in [-0.1, -0.05) is 92.9 Å². The molecule has 1 nitrogen and oxygen atoms in total. The molecule has 0 aliphatic rings. The normalized spacial score (nSPS) is 12.7. The standard InChI is InChI=1S/C42H39F9N/c1-4-5-6-10-16-32-26-36(52(2,3)27-28-14-8-7-9-15-28)38(30-18-12-21-34(24-30)41(46,47)48)39(31-19-13-22-35(25-31)42(49,50)51)37(32)29-17-11-20-33(23-29)40(43,44)45/h7-9,11-15,17-26H,4-6,10,16,27H2,1-3H3/q+1. The quantitative estimate of drug-likeness (QED) is 0.0722. The van der Waals surface area contributed by atoms with Crippen LogP contribution in [-0.4, -0.2) is 14.1 Å². The van der Waals surface area contributed by atoms with E-state index in [0.29, 0.717) is 30.6 Å². The highest BCUT2D eigenvalue weighted by molar-refractivity contribution is 6.01. The van der Waals surface area contributed by atoms with Crippen LogP contribution >= 0.6 is 0 Å². The zero-order valence-electron chi connectivity index (χ0n) is 29.0. The third-order valence-corrected chi connectivity index (χ3v) is 9.20. The van der Waals surface area contributed by atoms with Crippen LogP contribution in [0.5, 0.6) is 0 Å². The molecule has 274 valence electrons. The smallest absolute Gasteiger partial charge is 0.292 e. The van der Waals surface area contributed by atoms with Gasteiger partial charge in [0, 0.05) is 17.2 Å². The average Bonchev–Trinajstić information content (AvgIpc) is 3.09. The van der Waals surface area contributed by atoms with Crippen molar-refractivity contribution in [1.82, 2.24) is 4.48 Å². The molecule has 0 bridgehead atoms. The number of benzene rings is 5. The van der Waals surface area contributed by atoms with Crippen LogP contribution in [0.4, 0.5) is 45.2 Å². The van der Waals surface area contributed by atoms with E-state index in [0.717, 1.165) is 61.2 Å². The summed E-state index contributed by atoms with van der Waals surface area (Å²) in [6.45, 7) is 2.39. The Bertz CT molecular complexity index is 1990. The lowest BCUT2D eigenvalue weighted by Crippen LogP contribution is -2.40. The van der Waals surface area contributed by atoms with Crippen molar-refractivity contribution in [3.05, 3.63) is 137 Å². The largest absolute Gasteiger partial charge is 0.416 e. The van der Waals surface area contributed by atoms with E-state index in [1.807, 2.05) is 57.4 Å². The Labute approximate surface area is 297 Å². The lowest BCUT2D eigenvalue weighted by Gasteiger charge is -2.34. The second kappa shape index (κ2) is 15.2. The van der Waals surface area contributed by atoms with E-state index >= 15 is 0 Å². The molecule has 0 aromatic heterocycles. The molecule has 0 radical (unpaired) electrons. The predicted octanol–water partition coefficient (Wildman–Crippen LogP) is 13.6. The molecule has 0 unspecified atom stereocenters. The summed E-state index contributed by atoms with van der Waals surface area (Å²) in [5, 5.41) is 0. The number of aryl methyl sites for hydroxylation is 1. The van der Waals surface area contributed by atoms with Crippen molar-refractivity contribution in [2.45, 2.75) is 64.1 Å². The maximum atomic E-state index is 14.3. The first-order valence-corrected chi connectivity index (χ1v) is 17.0. The zero-order valence-corrected chi connectivity index (χ0v) is 29.0. The minimum absolute atomic E-state index is 0.0195. The van der Waals surface area contributed by atoms with Crippen LogP contribution in [0, 0.1) is 0 Å². The number of halogens is 9. The van der Waals surface area contributed by atoms with Gasteiger partial charge in [-0.15, -0.1) is 0 Å². The maximum absolute atomic E-state index is 14.3. The molecular formula is C42H39F9N+. The molecule has 0 heterocycles. The number of hydrogen-bond acceptors (Lipinski definition) is 0. The molecule has 5 rings (SSSR count). The Kier molecular flexibility index (Phi) is 11.3. The molecule has 0 spiro atoms. The van der Waals surface area contributed by atoms with E-state index < -0.39 is 35.2 Å². The van der Waals surface area contributed by atoms with Gasteiger partial charge in [-0.3, -0.25) is 4.48 Å². The van der Waals surface area contributed by atoms with Crippen LogP contribution in [0.3, 0.4) is 0 Å². The fourth-order valence-corrected chi connectivity index (χ4v) is 6.73. The van der Waals surface area contributed by atoms with Crippen LogP contribution in [0.2, 0.25) is 0 Å². The molecule has 0 saturated carbocycles. The highest BCUT2D eigenvalue weighted by Crippen LogP contribution is 2.51. The van der Waals surface area contributed by atoms with Crippen molar-refractivity contribution in [3.63, 3.8) is 0 Å². The Balaban J connectivity index is 1.99. The third-order valence-electron chi connectivity index (χ3n) is 9.20. The second-order valence-electron chi connectivity index (χ2n) is 13.6. The number of quaternary nitrogens is 1. The Morgan fingerprint density at radius 1 is 0.481 bits per heavy atom. The Morgan fingerprint density at radius 2 is 0.942 bits per heavy atom. The van der Waals surface area contributed by atoms with Gasteiger partial charge >= 0.3 is 18.5 Å². The van der Waals surface area contributed by atoms with Crippen molar-refractivity contribution in [2.75, 3.05) is 14.1 Å². The molecule has 0 saturated heterocycles. The van der Waals surface area contributed by atoms with E-state index in [2.05, 4.69) is 0 Å². The van der Waals surface area contributed by atoms with Gasteiger partial charge in [0.15, 0.2) is 0 Å². The van der Waals surface area contributed by atoms with Crippen LogP contribution in [-0.2, 0) is 31.5 Å². The van der Waals surface area contributed by atoms with Gasteiger partial charge in [-0.25, -0.2) is 0 Å². The summed E-state index contributed by atoms with van der Waals surface area (Å²) >= 11 is 0. The van der Waals surface area contributed by atoms with Gasteiger partial charge < -0.3 is 0 Å². The van der Waals surface area contributed by atoms with Gasteiger partial charge in [-0.2, -0.15) is 39.5 Å². The molecule has 0 fully saturated rings. The number of alkyl halides is 9. The van der Waals surface area contributed by atoms with Gasteiger partial charge in [0.1, 0.15) is 12.2 Å². The van der Waals surface area contributed by atoms with E-state index in [9.17, 15) is 39.5 Å². The molecule has 0 aliphatic carbocycles. The van der Waals surface area contributed by atoms with Crippen molar-refractivity contribution < 1.29 is 39.5 Å². The summed E-state index contributed by atoms with van der Waals surface area (Å²) < 4.78 is 128. The average molecular weight is 729 g/mol. The van der Waals surface area contributed by atoms with Gasteiger partial charge in [0.05, 0.1) is 36.3 Å². The molecule has 0 N–H and O–H groups in total. The first-order valence-electron chi connectivity index (χ1n) is 17.0. The number of rotatable bonds is 11. The topological polar surface area (TPSA) is 0 Å².